The largest absolute Gasteiger partial charge is 0.548 e. The molecule has 2 atom stereocenters. The molecular formula is C14H14N3O5-. The van der Waals surface area contributed by atoms with Crippen molar-refractivity contribution in [1.29, 1.82) is 0 Å². The van der Waals surface area contributed by atoms with Gasteiger partial charge in [0.1, 0.15) is 6.04 Å². The molecule has 1 heterocycles. The third-order valence-electron chi connectivity index (χ3n) is 3.32. The van der Waals surface area contributed by atoms with E-state index in [1.807, 2.05) is 0 Å². The average Bonchev–Trinajstić information content (AvgIpc) is 2.46. The van der Waals surface area contributed by atoms with Crippen LogP contribution in [0.2, 0.25) is 0 Å². The maximum Gasteiger partial charge on any atom is 0.329 e. The molecule has 1 aromatic heterocycles. The lowest BCUT2D eigenvalue weighted by atomic mass is 10.2. The molecule has 1 aromatic carbocycles. The van der Waals surface area contributed by atoms with Crippen LogP contribution >= 0.6 is 0 Å². The van der Waals surface area contributed by atoms with E-state index in [9.17, 15) is 24.3 Å². The molecule has 2 aromatic rings. The second-order valence-corrected chi connectivity index (χ2v) is 4.88. The van der Waals surface area contributed by atoms with E-state index >= 15 is 0 Å². The third-order valence-corrected chi connectivity index (χ3v) is 3.32. The smallest absolute Gasteiger partial charge is 0.329 e. The van der Waals surface area contributed by atoms with Gasteiger partial charge in [0, 0.05) is 0 Å². The normalized spacial score (nSPS) is 13.5. The number of benzene rings is 1. The van der Waals surface area contributed by atoms with Crippen molar-refractivity contribution in [3.8, 4) is 0 Å². The number of aliphatic carboxylic acids is 1. The number of fused-ring (bicyclic) bond motifs is 1. The zero-order valence-corrected chi connectivity index (χ0v) is 12.0. The highest BCUT2D eigenvalue weighted by Gasteiger charge is 2.21. The molecule has 2 N–H and O–H groups in total. The number of aromatic amines is 1. The molecule has 0 unspecified atom stereocenters. The number of aromatic nitrogens is 2. The van der Waals surface area contributed by atoms with Crippen molar-refractivity contribution < 1.29 is 14.7 Å². The third kappa shape index (κ3) is 2.76. The van der Waals surface area contributed by atoms with E-state index < -0.39 is 35.2 Å². The van der Waals surface area contributed by atoms with Gasteiger partial charge < -0.3 is 20.2 Å². The van der Waals surface area contributed by atoms with Crippen molar-refractivity contribution in [3.05, 3.63) is 45.1 Å². The zero-order valence-electron chi connectivity index (χ0n) is 12.0. The van der Waals surface area contributed by atoms with E-state index in [1.165, 1.54) is 19.9 Å². The Kier molecular flexibility index (Phi) is 4.11. The number of nitrogens with one attached hydrogen (secondary N) is 2. The number of hydrogen-bond acceptors (Lipinski definition) is 5. The lowest BCUT2D eigenvalue weighted by Gasteiger charge is -2.19. The molecule has 0 bridgehead atoms. The first-order valence-electron chi connectivity index (χ1n) is 6.57. The summed E-state index contributed by atoms with van der Waals surface area (Å²) in [5.74, 6) is -2.22. The van der Waals surface area contributed by atoms with E-state index in [2.05, 4.69) is 10.3 Å². The van der Waals surface area contributed by atoms with Crippen LogP contribution in [-0.4, -0.2) is 27.5 Å². The molecule has 0 saturated heterocycles. The van der Waals surface area contributed by atoms with Gasteiger partial charge in [0.2, 0.25) is 5.91 Å². The summed E-state index contributed by atoms with van der Waals surface area (Å²) >= 11 is 0. The molecule has 0 spiro atoms. The van der Waals surface area contributed by atoms with Crippen molar-refractivity contribution in [2.24, 2.45) is 0 Å². The van der Waals surface area contributed by atoms with Gasteiger partial charge in [0.05, 0.1) is 22.9 Å². The molecule has 0 saturated carbocycles. The molecule has 0 fully saturated rings. The Bertz CT molecular complexity index is 851. The van der Waals surface area contributed by atoms with Gasteiger partial charge in [-0.2, -0.15) is 0 Å². The van der Waals surface area contributed by atoms with E-state index in [0.717, 1.165) is 4.57 Å². The summed E-state index contributed by atoms with van der Waals surface area (Å²) < 4.78 is 0.750. The van der Waals surface area contributed by atoms with Crippen LogP contribution in [0, 0.1) is 0 Å². The predicted molar refractivity (Wildman–Crippen MR) is 76.2 cm³/mol. The lowest BCUT2D eigenvalue weighted by Crippen LogP contribution is -2.50. The first kappa shape index (κ1) is 15.5. The molecule has 0 radical (unpaired) electrons. The second-order valence-electron chi connectivity index (χ2n) is 4.88. The van der Waals surface area contributed by atoms with Crippen LogP contribution in [0.25, 0.3) is 10.9 Å². The Balaban J connectivity index is 2.46. The number of hydrogen-bond donors (Lipinski definition) is 2. The van der Waals surface area contributed by atoms with Crippen LogP contribution in [0.3, 0.4) is 0 Å². The summed E-state index contributed by atoms with van der Waals surface area (Å²) in [5.41, 5.74) is -1.000. The van der Waals surface area contributed by atoms with Crippen LogP contribution in [0.5, 0.6) is 0 Å². The topological polar surface area (TPSA) is 124 Å². The van der Waals surface area contributed by atoms with E-state index in [-0.39, 0.29) is 5.39 Å². The maximum absolute atomic E-state index is 12.3. The van der Waals surface area contributed by atoms with Crippen molar-refractivity contribution in [1.82, 2.24) is 14.9 Å². The van der Waals surface area contributed by atoms with Crippen molar-refractivity contribution in [3.63, 3.8) is 0 Å². The molecule has 22 heavy (non-hydrogen) atoms. The van der Waals surface area contributed by atoms with E-state index in [4.69, 9.17) is 0 Å². The number of carbonyl (C=O) groups is 2. The molecule has 2 rings (SSSR count). The number of carboxylic acid groups (broad SMARTS) is 1. The summed E-state index contributed by atoms with van der Waals surface area (Å²) in [6, 6.07) is 4.01. The van der Waals surface area contributed by atoms with Crippen molar-refractivity contribution in [2.45, 2.75) is 25.9 Å². The molecule has 0 aliphatic carbocycles. The van der Waals surface area contributed by atoms with E-state index in [1.54, 1.807) is 18.2 Å². The number of carboxylic acids is 1. The SMILES string of the molecule is C[C@H](NC(=O)[C@H](C)n1c(=O)[nH]c2ccccc2c1=O)C(=O)[O-]. The molecular weight excluding hydrogens is 290 g/mol. The molecule has 116 valence electrons. The van der Waals surface area contributed by atoms with E-state index in [0.29, 0.717) is 5.52 Å². The van der Waals surface area contributed by atoms with Crippen LogP contribution < -0.4 is 21.7 Å². The van der Waals surface area contributed by atoms with Gasteiger partial charge in [-0.3, -0.25) is 9.59 Å². The maximum atomic E-state index is 12.3. The number of carbonyl (C=O) groups excluding carboxylic acids is 2. The molecule has 8 heteroatoms. The summed E-state index contributed by atoms with van der Waals surface area (Å²) in [5, 5.41) is 13.1. The highest BCUT2D eigenvalue weighted by atomic mass is 16.4. The first-order valence-corrected chi connectivity index (χ1v) is 6.57. The summed E-state index contributed by atoms with van der Waals surface area (Å²) in [4.78, 5) is 49.5. The number of rotatable bonds is 4. The van der Waals surface area contributed by atoms with Gasteiger partial charge in [-0.25, -0.2) is 9.36 Å². The monoisotopic (exact) mass is 304 g/mol. The fraction of sp³-hybridized carbons (Fsp3) is 0.286. The van der Waals surface area contributed by atoms with Gasteiger partial charge in [0.25, 0.3) is 5.56 Å². The van der Waals surface area contributed by atoms with Gasteiger partial charge in [0.15, 0.2) is 0 Å². The summed E-state index contributed by atoms with van der Waals surface area (Å²) in [6.07, 6.45) is 0. The Labute approximate surface area is 124 Å². The number of amides is 1. The lowest BCUT2D eigenvalue weighted by molar-refractivity contribution is -0.307. The molecule has 0 aliphatic heterocycles. The van der Waals surface area contributed by atoms with Gasteiger partial charge in [-0.15, -0.1) is 0 Å². The standard InChI is InChI=1S/C14H15N3O5/c1-7(13(20)21)15-11(18)8(2)17-12(19)9-5-3-4-6-10(9)16-14(17)22/h3-8H,1-2H3,(H,15,18)(H,16,22)(H,20,21)/p-1/t7-,8-/m0/s1. The predicted octanol–water partition coefficient (Wildman–Crippen LogP) is -1.49. The van der Waals surface area contributed by atoms with Crippen LogP contribution in [0.1, 0.15) is 19.9 Å². The van der Waals surface area contributed by atoms with Crippen LogP contribution in [0.15, 0.2) is 33.9 Å². The number of para-hydroxylation sites is 1. The second kappa shape index (κ2) is 5.84. The Morgan fingerprint density at radius 3 is 2.50 bits per heavy atom. The fourth-order valence-electron chi connectivity index (χ4n) is 2.04. The molecule has 0 aliphatic rings. The minimum absolute atomic E-state index is 0.259. The summed E-state index contributed by atoms with van der Waals surface area (Å²) in [6.45, 7) is 2.57. The quantitative estimate of drug-likeness (QED) is 0.711. The van der Waals surface area contributed by atoms with Crippen molar-refractivity contribution >= 4 is 22.8 Å². The highest BCUT2D eigenvalue weighted by molar-refractivity contribution is 5.85. The van der Waals surface area contributed by atoms with Crippen LogP contribution in [-0.2, 0) is 9.59 Å². The summed E-state index contributed by atoms with van der Waals surface area (Å²) in [7, 11) is 0. The van der Waals surface area contributed by atoms with Gasteiger partial charge in [-0.1, -0.05) is 12.1 Å². The molecule has 8 nitrogen and oxygen atoms in total. The van der Waals surface area contributed by atoms with Crippen LogP contribution in [0.4, 0.5) is 0 Å². The Morgan fingerprint density at radius 1 is 1.23 bits per heavy atom. The Hall–Kier alpha value is -2.90. The zero-order chi connectivity index (χ0) is 16.4. The minimum Gasteiger partial charge on any atom is -0.548 e. The fourth-order valence-corrected chi connectivity index (χ4v) is 2.04. The average molecular weight is 304 g/mol. The number of nitrogens with zero attached hydrogens (tertiary/aromatic N) is 1. The number of H-pyrrole nitrogens is 1. The highest BCUT2D eigenvalue weighted by Crippen LogP contribution is 2.06. The Morgan fingerprint density at radius 2 is 1.86 bits per heavy atom. The molecule has 1 amide bonds. The van der Waals surface area contributed by atoms with Gasteiger partial charge >= 0.3 is 5.69 Å². The van der Waals surface area contributed by atoms with Gasteiger partial charge in [-0.05, 0) is 26.0 Å². The minimum atomic E-state index is -1.46. The first-order chi connectivity index (χ1) is 10.3. The van der Waals surface area contributed by atoms with Crippen molar-refractivity contribution in [2.75, 3.05) is 0 Å².